The highest BCUT2D eigenvalue weighted by Crippen LogP contribution is 2.31. The Bertz CT molecular complexity index is 720. The van der Waals surface area contributed by atoms with Crippen LogP contribution in [0.4, 0.5) is 0 Å². The minimum Gasteiger partial charge on any atom is -0.481 e. The van der Waals surface area contributed by atoms with Crippen LogP contribution in [0.5, 0.6) is 0 Å². The second-order valence-corrected chi connectivity index (χ2v) is 5.92. The van der Waals surface area contributed by atoms with Gasteiger partial charge in [-0.05, 0) is 36.9 Å². The number of nitrogens with zero attached hydrogens (tertiary/aromatic N) is 1. The van der Waals surface area contributed by atoms with Gasteiger partial charge in [0.25, 0.3) is 0 Å². The highest BCUT2D eigenvalue weighted by molar-refractivity contribution is 7.98. The maximum Gasteiger partial charge on any atom is 0.312 e. The lowest BCUT2D eigenvalue weighted by Gasteiger charge is -2.06. The molecule has 2 aromatic rings. The van der Waals surface area contributed by atoms with Crippen molar-refractivity contribution in [2.45, 2.75) is 23.8 Å². The van der Waals surface area contributed by atoms with E-state index in [4.69, 9.17) is 0 Å². The van der Waals surface area contributed by atoms with Crippen LogP contribution in [0.2, 0.25) is 0 Å². The number of carboxylic acid groups (broad SMARTS) is 1. The first-order valence-corrected chi connectivity index (χ1v) is 7.95. The number of carboxylic acids is 1. The quantitative estimate of drug-likeness (QED) is 0.696. The molecule has 5 heteroatoms. The van der Waals surface area contributed by atoms with Crippen molar-refractivity contribution < 1.29 is 14.7 Å². The molecule has 3 rings (SSSR count). The van der Waals surface area contributed by atoms with Crippen molar-refractivity contribution in [3.05, 3.63) is 53.3 Å². The molecule has 0 bridgehead atoms. The molecule has 0 spiro atoms. The molecule has 1 N–H and O–H groups in total. The van der Waals surface area contributed by atoms with Gasteiger partial charge in [0.1, 0.15) is 0 Å². The van der Waals surface area contributed by atoms with Gasteiger partial charge >= 0.3 is 5.97 Å². The minimum atomic E-state index is -0.824. The molecule has 0 saturated carbocycles. The third kappa shape index (κ3) is 2.38. The van der Waals surface area contributed by atoms with E-state index >= 15 is 0 Å². The summed E-state index contributed by atoms with van der Waals surface area (Å²) in [5, 5.41) is 9.19. The lowest BCUT2D eigenvalue weighted by Crippen LogP contribution is -2.10. The van der Waals surface area contributed by atoms with Gasteiger partial charge in [-0.15, -0.1) is 11.8 Å². The highest BCUT2D eigenvalue weighted by Gasteiger charge is 2.31. The monoisotopic (exact) mass is 301 g/mol. The Kier molecular flexibility index (Phi) is 3.59. The van der Waals surface area contributed by atoms with Crippen LogP contribution >= 0.6 is 11.8 Å². The van der Waals surface area contributed by atoms with Gasteiger partial charge in [0.2, 0.25) is 5.78 Å². The molecule has 2 heterocycles. The van der Waals surface area contributed by atoms with Gasteiger partial charge in [-0.2, -0.15) is 0 Å². The number of fused-ring (bicyclic) bond motifs is 1. The third-order valence-corrected chi connectivity index (χ3v) is 4.60. The molecular weight excluding hydrogens is 286 g/mol. The summed E-state index contributed by atoms with van der Waals surface area (Å²) in [4.78, 5) is 24.9. The maximum atomic E-state index is 12.6. The van der Waals surface area contributed by atoms with Gasteiger partial charge in [-0.25, -0.2) is 0 Å². The van der Waals surface area contributed by atoms with Crippen LogP contribution in [0.25, 0.3) is 0 Å². The Morgan fingerprint density at radius 1 is 1.29 bits per heavy atom. The average Bonchev–Trinajstić information content (AvgIpc) is 3.07. The Labute approximate surface area is 126 Å². The molecule has 1 aromatic heterocycles. The number of hydrogen-bond acceptors (Lipinski definition) is 3. The van der Waals surface area contributed by atoms with Gasteiger partial charge in [0.15, 0.2) is 0 Å². The molecule has 1 aliphatic heterocycles. The SMILES string of the molecule is CSc1cccc(C(=O)c2ccc3n2CCC3C(=O)O)c1. The molecule has 1 aliphatic rings. The van der Waals surface area contributed by atoms with E-state index in [1.165, 1.54) is 0 Å². The third-order valence-electron chi connectivity index (χ3n) is 3.88. The number of ketones is 1. The molecule has 108 valence electrons. The van der Waals surface area contributed by atoms with Crippen LogP contribution in [0.3, 0.4) is 0 Å². The van der Waals surface area contributed by atoms with E-state index in [0.29, 0.717) is 24.2 Å². The van der Waals surface area contributed by atoms with Crippen LogP contribution in [0.1, 0.15) is 34.1 Å². The van der Waals surface area contributed by atoms with Crippen molar-refractivity contribution in [2.75, 3.05) is 6.26 Å². The number of hydrogen-bond donors (Lipinski definition) is 1. The van der Waals surface area contributed by atoms with E-state index < -0.39 is 11.9 Å². The first kappa shape index (κ1) is 13.9. The van der Waals surface area contributed by atoms with Crippen molar-refractivity contribution in [3.8, 4) is 0 Å². The molecule has 1 atom stereocenters. The van der Waals surface area contributed by atoms with Crippen molar-refractivity contribution in [3.63, 3.8) is 0 Å². The summed E-state index contributed by atoms with van der Waals surface area (Å²) < 4.78 is 1.84. The van der Waals surface area contributed by atoms with E-state index in [-0.39, 0.29) is 5.78 Å². The zero-order chi connectivity index (χ0) is 15.0. The fourth-order valence-electron chi connectivity index (χ4n) is 2.80. The second kappa shape index (κ2) is 5.41. The van der Waals surface area contributed by atoms with Crippen molar-refractivity contribution >= 4 is 23.5 Å². The number of carbonyl (C=O) groups excluding carboxylic acids is 1. The Morgan fingerprint density at radius 2 is 2.10 bits per heavy atom. The zero-order valence-electron chi connectivity index (χ0n) is 11.6. The predicted octanol–water partition coefficient (Wildman–Crippen LogP) is 3.01. The van der Waals surface area contributed by atoms with Crippen molar-refractivity contribution in [1.82, 2.24) is 4.57 Å². The largest absolute Gasteiger partial charge is 0.481 e. The van der Waals surface area contributed by atoms with Gasteiger partial charge in [-0.1, -0.05) is 12.1 Å². The number of aromatic nitrogens is 1. The first-order valence-electron chi connectivity index (χ1n) is 6.73. The van der Waals surface area contributed by atoms with Gasteiger partial charge in [0, 0.05) is 22.7 Å². The van der Waals surface area contributed by atoms with Gasteiger partial charge in [-0.3, -0.25) is 9.59 Å². The Balaban J connectivity index is 1.97. The van der Waals surface area contributed by atoms with Gasteiger partial charge in [0.05, 0.1) is 11.6 Å². The molecule has 1 aromatic carbocycles. The van der Waals surface area contributed by atoms with Crippen molar-refractivity contribution in [1.29, 1.82) is 0 Å². The minimum absolute atomic E-state index is 0.0526. The van der Waals surface area contributed by atoms with E-state index in [1.54, 1.807) is 30.0 Å². The number of rotatable bonds is 4. The Morgan fingerprint density at radius 3 is 2.81 bits per heavy atom. The smallest absolute Gasteiger partial charge is 0.312 e. The summed E-state index contributed by atoms with van der Waals surface area (Å²) in [6.45, 7) is 0.586. The lowest BCUT2D eigenvalue weighted by molar-refractivity contribution is -0.138. The van der Waals surface area contributed by atoms with Crippen LogP contribution < -0.4 is 0 Å². The van der Waals surface area contributed by atoms with Crippen LogP contribution in [0, 0.1) is 0 Å². The second-order valence-electron chi connectivity index (χ2n) is 5.04. The normalized spacial score (nSPS) is 16.7. The fraction of sp³-hybridized carbons (Fsp3) is 0.250. The molecule has 0 fully saturated rings. The molecule has 1 unspecified atom stereocenters. The molecular formula is C16H15NO3S. The number of benzene rings is 1. The summed E-state index contributed by atoms with van der Waals surface area (Å²) >= 11 is 1.59. The van der Waals surface area contributed by atoms with E-state index in [1.807, 2.05) is 29.0 Å². The van der Waals surface area contributed by atoms with E-state index in [0.717, 1.165) is 10.6 Å². The predicted molar refractivity (Wildman–Crippen MR) is 81.1 cm³/mol. The molecule has 0 amide bonds. The summed E-state index contributed by atoms with van der Waals surface area (Å²) in [5.74, 6) is -1.37. The molecule has 21 heavy (non-hydrogen) atoms. The number of carbonyl (C=O) groups is 2. The molecule has 0 saturated heterocycles. The number of aliphatic carboxylic acids is 1. The lowest BCUT2D eigenvalue weighted by atomic mass is 10.1. The van der Waals surface area contributed by atoms with Crippen LogP contribution in [0.15, 0.2) is 41.3 Å². The summed E-state index contributed by atoms with van der Waals surface area (Å²) in [7, 11) is 0. The molecule has 4 nitrogen and oxygen atoms in total. The van der Waals surface area contributed by atoms with Crippen LogP contribution in [-0.4, -0.2) is 27.7 Å². The summed E-state index contributed by atoms with van der Waals surface area (Å²) in [6.07, 6.45) is 2.52. The average molecular weight is 301 g/mol. The van der Waals surface area contributed by atoms with E-state index in [9.17, 15) is 14.7 Å². The summed E-state index contributed by atoms with van der Waals surface area (Å²) in [6, 6.07) is 11.0. The van der Waals surface area contributed by atoms with Crippen molar-refractivity contribution in [2.24, 2.45) is 0 Å². The number of thioether (sulfide) groups is 1. The first-order chi connectivity index (χ1) is 10.1. The molecule has 0 radical (unpaired) electrons. The maximum absolute atomic E-state index is 12.6. The topological polar surface area (TPSA) is 59.3 Å². The molecule has 0 aliphatic carbocycles. The summed E-state index contributed by atoms with van der Waals surface area (Å²) in [5.41, 5.74) is 1.94. The standard InChI is InChI=1S/C16H15NO3S/c1-21-11-4-2-3-10(9-11)15(18)14-6-5-13-12(16(19)20)7-8-17(13)14/h2-6,9,12H,7-8H2,1H3,(H,19,20). The van der Waals surface area contributed by atoms with E-state index in [2.05, 4.69) is 0 Å². The highest BCUT2D eigenvalue weighted by atomic mass is 32.2. The fourth-order valence-corrected chi connectivity index (χ4v) is 3.26. The van der Waals surface area contributed by atoms with Gasteiger partial charge < -0.3 is 9.67 Å². The zero-order valence-corrected chi connectivity index (χ0v) is 12.4. The van der Waals surface area contributed by atoms with Crippen LogP contribution in [-0.2, 0) is 11.3 Å². The Hall–Kier alpha value is -2.01.